The molecular formula is C12H17N3O2S. The number of nitrogens with zero attached hydrogens (tertiary/aromatic N) is 2. The molecule has 2 saturated heterocycles. The molecule has 0 aliphatic carbocycles. The van der Waals surface area contributed by atoms with Gasteiger partial charge in [-0.3, -0.25) is 0 Å². The zero-order chi connectivity index (χ0) is 12.9. The van der Waals surface area contributed by atoms with Crippen molar-refractivity contribution < 1.29 is 9.90 Å². The van der Waals surface area contributed by atoms with Crippen molar-refractivity contribution in [2.24, 2.45) is 0 Å². The van der Waals surface area contributed by atoms with Gasteiger partial charge in [-0.2, -0.15) is 4.98 Å². The Kier molecular flexibility index (Phi) is 2.79. The summed E-state index contributed by atoms with van der Waals surface area (Å²) < 4.78 is 0. The number of fused-ring (bicyclic) bond motifs is 1. The van der Waals surface area contributed by atoms with E-state index in [9.17, 15) is 9.90 Å². The van der Waals surface area contributed by atoms with Crippen LogP contribution in [0.4, 0.5) is 5.13 Å². The van der Waals surface area contributed by atoms with Gasteiger partial charge >= 0.3 is 5.13 Å². The van der Waals surface area contributed by atoms with Crippen molar-refractivity contribution in [2.45, 2.75) is 38.1 Å². The predicted octanol–water partition coefficient (Wildman–Crippen LogP) is 0.0730. The predicted molar refractivity (Wildman–Crippen MR) is 69.0 cm³/mol. The third-order valence-electron chi connectivity index (χ3n) is 3.88. The topological polar surface area (TPSA) is 68.3 Å². The molecule has 0 saturated carbocycles. The molecule has 5 nitrogen and oxygen atoms in total. The van der Waals surface area contributed by atoms with E-state index in [4.69, 9.17) is 0 Å². The zero-order valence-electron chi connectivity index (χ0n) is 10.6. The molecule has 2 aliphatic rings. The van der Waals surface area contributed by atoms with Gasteiger partial charge in [0.15, 0.2) is 0 Å². The molecule has 98 valence electrons. The first-order chi connectivity index (χ1) is 8.63. The van der Waals surface area contributed by atoms with Crippen molar-refractivity contribution in [3.8, 4) is 0 Å². The van der Waals surface area contributed by atoms with E-state index >= 15 is 0 Å². The summed E-state index contributed by atoms with van der Waals surface area (Å²) in [5.74, 6) is -0.265. The van der Waals surface area contributed by atoms with E-state index in [1.54, 1.807) is 6.92 Å². The van der Waals surface area contributed by atoms with E-state index in [1.165, 1.54) is 0 Å². The van der Waals surface area contributed by atoms with Gasteiger partial charge in [0.1, 0.15) is 17.4 Å². The lowest BCUT2D eigenvalue weighted by atomic mass is 9.99. The van der Waals surface area contributed by atoms with E-state index < -0.39 is 16.4 Å². The first-order valence-corrected chi connectivity index (χ1v) is 7.74. The highest BCUT2D eigenvalue weighted by molar-refractivity contribution is 7.35. The molecule has 2 aliphatic heterocycles. The van der Waals surface area contributed by atoms with Crippen molar-refractivity contribution in [2.75, 3.05) is 18.0 Å². The van der Waals surface area contributed by atoms with E-state index in [0.29, 0.717) is 22.7 Å². The summed E-state index contributed by atoms with van der Waals surface area (Å²) in [5.41, 5.74) is 0.629. The van der Waals surface area contributed by atoms with Crippen molar-refractivity contribution in [3.63, 3.8) is 0 Å². The minimum absolute atomic E-state index is 0.392. The number of hydrogen-bond acceptors (Lipinski definition) is 5. The maximum atomic E-state index is 11.2. The Hall–Kier alpha value is -1.14. The fourth-order valence-electron chi connectivity index (χ4n) is 2.99. The van der Waals surface area contributed by atoms with Crippen LogP contribution in [0.15, 0.2) is 0 Å². The van der Waals surface area contributed by atoms with Gasteiger partial charge in [0.05, 0.1) is 6.04 Å². The van der Waals surface area contributed by atoms with Crippen molar-refractivity contribution >= 4 is 21.6 Å². The van der Waals surface area contributed by atoms with Gasteiger partial charge in [-0.15, -0.1) is 0 Å². The number of aromatic carboxylic acids is 1. The van der Waals surface area contributed by atoms with Gasteiger partial charge < -0.3 is 20.1 Å². The van der Waals surface area contributed by atoms with Crippen LogP contribution in [0.2, 0.25) is 0 Å². The summed E-state index contributed by atoms with van der Waals surface area (Å²) in [5, 5.41) is 15.6. The van der Waals surface area contributed by atoms with Crippen LogP contribution < -0.4 is 15.3 Å². The number of hydrogen-bond donors (Lipinski definition) is 1. The molecule has 6 heteroatoms. The Labute approximate surface area is 109 Å². The molecule has 0 amide bonds. The molecule has 3 rings (SSSR count). The van der Waals surface area contributed by atoms with Crippen LogP contribution in [0.3, 0.4) is 0 Å². The van der Waals surface area contributed by atoms with Crippen LogP contribution in [0.25, 0.3) is 0 Å². The highest BCUT2D eigenvalue weighted by Gasteiger charge is 2.47. The summed E-state index contributed by atoms with van der Waals surface area (Å²) in [4.78, 5) is 18.4. The fraction of sp³-hybridized carbons (Fsp3) is 0.667. The summed E-state index contributed by atoms with van der Waals surface area (Å²) in [7, 11) is -0.392. The van der Waals surface area contributed by atoms with Gasteiger partial charge in [-0.1, -0.05) is 0 Å². The number of carbonyl (C=O) groups is 1. The standard InChI is InChI=1S/C12H17N3O2S/c1-3-18-10(11(16)17)7(2)14-12(18)15-6-8-9(15)4-5-13-8/h8-9,13H,3-6H2,1-2H3/t8-,9-,18?/m1/s1. The summed E-state index contributed by atoms with van der Waals surface area (Å²) in [6.07, 6.45) is 1.13. The molecule has 18 heavy (non-hydrogen) atoms. The molecule has 3 atom stereocenters. The van der Waals surface area contributed by atoms with Crippen molar-refractivity contribution in [1.82, 2.24) is 10.3 Å². The Bertz CT molecular complexity index is 500. The smallest absolute Gasteiger partial charge is 0.343 e. The summed E-state index contributed by atoms with van der Waals surface area (Å²) in [6.45, 7) is 5.81. The second-order valence-electron chi connectivity index (χ2n) is 4.84. The fourth-order valence-corrected chi connectivity index (χ4v) is 5.06. The minimum Gasteiger partial charge on any atom is -0.540 e. The zero-order valence-corrected chi connectivity index (χ0v) is 11.4. The maximum Gasteiger partial charge on any atom is 0.343 e. The molecule has 1 unspecified atom stereocenters. The molecule has 1 N–H and O–H groups in total. The van der Waals surface area contributed by atoms with E-state index in [2.05, 4.69) is 15.2 Å². The van der Waals surface area contributed by atoms with Crippen LogP contribution in [0.5, 0.6) is 0 Å². The monoisotopic (exact) mass is 267 g/mol. The number of anilines is 1. The average molecular weight is 267 g/mol. The van der Waals surface area contributed by atoms with Crippen LogP contribution in [-0.4, -0.2) is 36.1 Å². The highest BCUT2D eigenvalue weighted by Crippen LogP contribution is 2.43. The summed E-state index contributed by atoms with van der Waals surface area (Å²) >= 11 is 0. The molecule has 2 fully saturated rings. The minimum atomic E-state index is -1.06. The molecule has 1 aromatic rings. The number of thiazole rings is 1. The molecule has 0 aromatic carbocycles. The van der Waals surface area contributed by atoms with Crippen molar-refractivity contribution in [1.29, 1.82) is 0 Å². The van der Waals surface area contributed by atoms with Gasteiger partial charge in [0.2, 0.25) is 4.88 Å². The number of aryl methyl sites for hydroxylation is 1. The first kappa shape index (κ1) is 11.9. The van der Waals surface area contributed by atoms with E-state index in [-0.39, 0.29) is 0 Å². The molecule has 0 bridgehead atoms. The lowest BCUT2D eigenvalue weighted by Crippen LogP contribution is -2.61. The number of carboxylic acids is 1. The number of nitrogens with one attached hydrogen (secondary N) is 1. The van der Waals surface area contributed by atoms with Gasteiger partial charge in [-0.05, 0) is 26.8 Å². The van der Waals surface area contributed by atoms with Crippen LogP contribution >= 0.6 is 10.5 Å². The first-order valence-electron chi connectivity index (χ1n) is 6.35. The Morgan fingerprint density at radius 1 is 1.67 bits per heavy atom. The largest absolute Gasteiger partial charge is 0.540 e. The maximum absolute atomic E-state index is 11.2. The second kappa shape index (κ2) is 4.20. The Balaban J connectivity index is 1.97. The normalized spacial score (nSPS) is 27.0. The number of aromatic nitrogens is 1. The summed E-state index contributed by atoms with van der Waals surface area (Å²) in [6, 6.07) is 1.08. The number of rotatable bonds is 3. The Morgan fingerprint density at radius 2 is 2.44 bits per heavy atom. The number of carboxylic acid groups (broad SMARTS) is 1. The highest BCUT2D eigenvalue weighted by atomic mass is 32.2. The molecule has 1 aromatic heterocycles. The SMILES string of the molecule is CC[s+]1c(N2C[C@H]3NCC[C@H]32)nc(C)c1C(=O)[O-]. The molecule has 0 spiro atoms. The van der Waals surface area contributed by atoms with Crippen LogP contribution in [-0.2, 0) is 5.75 Å². The quantitative estimate of drug-likeness (QED) is 0.785. The number of carbonyl (C=O) groups excluding carboxylic acids is 1. The van der Waals surface area contributed by atoms with Crippen LogP contribution in [0, 0.1) is 6.92 Å². The van der Waals surface area contributed by atoms with E-state index in [1.807, 2.05) is 6.92 Å². The van der Waals surface area contributed by atoms with E-state index in [0.717, 1.165) is 30.4 Å². The lowest BCUT2D eigenvalue weighted by Gasteiger charge is -2.42. The lowest BCUT2D eigenvalue weighted by molar-refractivity contribution is -0.254. The molecule has 0 radical (unpaired) electrons. The van der Waals surface area contributed by atoms with Gasteiger partial charge in [-0.25, -0.2) is 0 Å². The third kappa shape index (κ3) is 1.55. The average Bonchev–Trinajstić information content (AvgIpc) is 2.81. The van der Waals surface area contributed by atoms with Gasteiger partial charge in [0, 0.05) is 23.1 Å². The van der Waals surface area contributed by atoms with Gasteiger partial charge in [0.25, 0.3) is 0 Å². The second-order valence-corrected chi connectivity index (χ2v) is 6.98. The van der Waals surface area contributed by atoms with Crippen LogP contribution in [0.1, 0.15) is 28.7 Å². The van der Waals surface area contributed by atoms with Crippen molar-refractivity contribution in [3.05, 3.63) is 10.6 Å². The third-order valence-corrected chi connectivity index (χ3v) is 6.18. The molecular weight excluding hydrogens is 250 g/mol. The Morgan fingerprint density at radius 3 is 3.06 bits per heavy atom. The molecule has 3 heterocycles.